The molecule has 102 valence electrons. The smallest absolute Gasteiger partial charge is 0.0839 e. The number of likely N-dealkylation sites (N-methyl/N-ethyl adjacent to an activating group) is 1. The number of rotatable bonds is 5. The molecule has 2 rings (SSSR count). The summed E-state index contributed by atoms with van der Waals surface area (Å²) in [6.45, 7) is 1.99. The summed E-state index contributed by atoms with van der Waals surface area (Å²) in [6, 6.07) is 12.6. The van der Waals surface area contributed by atoms with Crippen LogP contribution < -0.4 is 0 Å². The number of hydrogen-bond acceptors (Lipinski definition) is 2. The maximum Gasteiger partial charge on any atom is 0.0839 e. The van der Waals surface area contributed by atoms with Crippen molar-refractivity contribution in [2.45, 2.75) is 38.0 Å². The van der Waals surface area contributed by atoms with Crippen molar-refractivity contribution in [3.63, 3.8) is 0 Å². The lowest BCUT2D eigenvalue weighted by Gasteiger charge is -2.28. The van der Waals surface area contributed by atoms with Crippen molar-refractivity contribution in [3.8, 4) is 6.07 Å². The molecule has 1 aromatic carbocycles. The molecule has 2 nitrogen and oxygen atoms in total. The lowest BCUT2D eigenvalue weighted by molar-refractivity contribution is 0.231. The highest BCUT2D eigenvalue weighted by molar-refractivity contribution is 5.25. The van der Waals surface area contributed by atoms with E-state index < -0.39 is 0 Å². The van der Waals surface area contributed by atoms with Crippen LogP contribution in [0.4, 0.5) is 0 Å². The van der Waals surface area contributed by atoms with Gasteiger partial charge in [0, 0.05) is 13.1 Å². The molecule has 0 N–H and O–H groups in total. The van der Waals surface area contributed by atoms with Gasteiger partial charge in [0.1, 0.15) is 0 Å². The Bertz CT molecular complexity index is 401. The third-order valence-electron chi connectivity index (χ3n) is 4.15. The minimum absolute atomic E-state index is 0.00482. The first-order valence-corrected chi connectivity index (χ1v) is 7.42. The SMILES string of the molecule is CN(CC1CCCCC1)CC(C#N)c1ccccc1. The average molecular weight is 256 g/mol. The molecule has 1 aliphatic carbocycles. The Morgan fingerprint density at radius 3 is 2.53 bits per heavy atom. The normalized spacial score (nSPS) is 18.2. The molecule has 0 spiro atoms. The van der Waals surface area contributed by atoms with Crippen molar-refractivity contribution in [3.05, 3.63) is 35.9 Å². The second-order valence-electron chi connectivity index (χ2n) is 5.82. The number of benzene rings is 1. The van der Waals surface area contributed by atoms with Gasteiger partial charge in [0.25, 0.3) is 0 Å². The van der Waals surface area contributed by atoms with Gasteiger partial charge in [-0.15, -0.1) is 0 Å². The van der Waals surface area contributed by atoms with Crippen LogP contribution in [0.15, 0.2) is 30.3 Å². The molecule has 0 bridgehead atoms. The van der Waals surface area contributed by atoms with Crippen molar-refractivity contribution in [2.24, 2.45) is 5.92 Å². The molecule has 0 amide bonds. The highest BCUT2D eigenvalue weighted by atomic mass is 15.1. The lowest BCUT2D eigenvalue weighted by Crippen LogP contribution is -2.30. The summed E-state index contributed by atoms with van der Waals surface area (Å²) in [5.74, 6) is 0.837. The van der Waals surface area contributed by atoms with Gasteiger partial charge >= 0.3 is 0 Å². The summed E-state index contributed by atoms with van der Waals surface area (Å²) in [6.07, 6.45) is 6.92. The van der Waals surface area contributed by atoms with Crippen LogP contribution in [0.25, 0.3) is 0 Å². The van der Waals surface area contributed by atoms with Crippen molar-refractivity contribution in [1.29, 1.82) is 5.26 Å². The number of nitriles is 1. The summed E-state index contributed by atoms with van der Waals surface area (Å²) in [5, 5.41) is 9.36. The van der Waals surface area contributed by atoms with Crippen LogP contribution in [0.3, 0.4) is 0 Å². The van der Waals surface area contributed by atoms with E-state index >= 15 is 0 Å². The van der Waals surface area contributed by atoms with E-state index in [-0.39, 0.29) is 5.92 Å². The molecule has 1 aromatic rings. The van der Waals surface area contributed by atoms with E-state index in [1.807, 2.05) is 18.2 Å². The molecule has 0 heterocycles. The summed E-state index contributed by atoms with van der Waals surface area (Å²) >= 11 is 0. The Morgan fingerprint density at radius 1 is 1.21 bits per heavy atom. The van der Waals surface area contributed by atoms with Gasteiger partial charge in [-0.2, -0.15) is 5.26 Å². The summed E-state index contributed by atoms with van der Waals surface area (Å²) in [7, 11) is 2.15. The highest BCUT2D eigenvalue weighted by Gasteiger charge is 2.18. The van der Waals surface area contributed by atoms with Gasteiger partial charge < -0.3 is 4.90 Å². The predicted octanol–water partition coefficient (Wildman–Crippen LogP) is 3.81. The van der Waals surface area contributed by atoms with E-state index in [1.165, 1.54) is 32.1 Å². The van der Waals surface area contributed by atoms with Crippen LogP contribution in [-0.4, -0.2) is 25.0 Å². The summed E-state index contributed by atoms with van der Waals surface area (Å²) < 4.78 is 0. The van der Waals surface area contributed by atoms with Gasteiger partial charge in [-0.1, -0.05) is 49.6 Å². The number of nitrogens with zero attached hydrogens (tertiary/aromatic N) is 2. The Balaban J connectivity index is 1.86. The monoisotopic (exact) mass is 256 g/mol. The van der Waals surface area contributed by atoms with Crippen molar-refractivity contribution >= 4 is 0 Å². The van der Waals surface area contributed by atoms with Crippen LogP contribution in [0, 0.1) is 17.2 Å². The molecular weight excluding hydrogens is 232 g/mol. The van der Waals surface area contributed by atoms with Gasteiger partial charge in [-0.25, -0.2) is 0 Å². The third kappa shape index (κ3) is 4.36. The molecule has 1 atom stereocenters. The quantitative estimate of drug-likeness (QED) is 0.801. The fraction of sp³-hybridized carbons (Fsp3) is 0.588. The fourth-order valence-corrected chi connectivity index (χ4v) is 3.10. The first-order chi connectivity index (χ1) is 9.29. The third-order valence-corrected chi connectivity index (χ3v) is 4.15. The molecule has 0 saturated heterocycles. The Kier molecular flexibility index (Phi) is 5.42. The zero-order chi connectivity index (χ0) is 13.5. The van der Waals surface area contributed by atoms with E-state index in [0.29, 0.717) is 0 Å². The molecule has 2 heteroatoms. The van der Waals surface area contributed by atoms with Gasteiger partial charge in [0.2, 0.25) is 0 Å². The minimum atomic E-state index is -0.00482. The lowest BCUT2D eigenvalue weighted by atomic mass is 9.88. The highest BCUT2D eigenvalue weighted by Crippen LogP contribution is 2.25. The molecule has 1 saturated carbocycles. The molecular formula is C17H24N2. The zero-order valence-electron chi connectivity index (χ0n) is 11.9. The first-order valence-electron chi connectivity index (χ1n) is 7.42. The van der Waals surface area contributed by atoms with Crippen LogP contribution in [0.5, 0.6) is 0 Å². The van der Waals surface area contributed by atoms with Crippen LogP contribution in [-0.2, 0) is 0 Å². The zero-order valence-corrected chi connectivity index (χ0v) is 11.9. The van der Waals surface area contributed by atoms with Gasteiger partial charge in [0.05, 0.1) is 12.0 Å². The molecule has 0 aliphatic heterocycles. The maximum absolute atomic E-state index is 9.36. The second-order valence-corrected chi connectivity index (χ2v) is 5.82. The Morgan fingerprint density at radius 2 is 1.89 bits per heavy atom. The van der Waals surface area contributed by atoms with Crippen LogP contribution in [0.1, 0.15) is 43.6 Å². The summed E-state index contributed by atoms with van der Waals surface area (Å²) in [4.78, 5) is 2.34. The molecule has 19 heavy (non-hydrogen) atoms. The van der Waals surface area contributed by atoms with Crippen LogP contribution >= 0.6 is 0 Å². The van der Waals surface area contributed by atoms with Crippen molar-refractivity contribution in [2.75, 3.05) is 20.1 Å². The van der Waals surface area contributed by atoms with Crippen molar-refractivity contribution in [1.82, 2.24) is 4.90 Å². The standard InChI is InChI=1S/C17H24N2/c1-19(13-15-8-4-2-5-9-15)14-17(12-18)16-10-6-3-7-11-16/h3,6-7,10-11,15,17H,2,4-5,8-9,13-14H2,1H3. The molecule has 1 aliphatic rings. The van der Waals surface area contributed by atoms with Crippen LogP contribution in [0.2, 0.25) is 0 Å². The van der Waals surface area contributed by atoms with E-state index in [1.54, 1.807) is 0 Å². The fourth-order valence-electron chi connectivity index (χ4n) is 3.10. The maximum atomic E-state index is 9.36. The van der Waals surface area contributed by atoms with E-state index in [9.17, 15) is 5.26 Å². The topological polar surface area (TPSA) is 27.0 Å². The van der Waals surface area contributed by atoms with Gasteiger partial charge in [-0.05, 0) is 31.4 Å². The van der Waals surface area contributed by atoms with Crippen molar-refractivity contribution < 1.29 is 0 Å². The van der Waals surface area contributed by atoms with E-state index in [4.69, 9.17) is 0 Å². The predicted molar refractivity (Wildman–Crippen MR) is 78.9 cm³/mol. The number of hydrogen-bond donors (Lipinski definition) is 0. The largest absolute Gasteiger partial charge is 0.304 e. The molecule has 0 aromatic heterocycles. The minimum Gasteiger partial charge on any atom is -0.304 e. The first kappa shape index (κ1) is 14.1. The summed E-state index contributed by atoms with van der Waals surface area (Å²) in [5.41, 5.74) is 1.14. The average Bonchev–Trinajstić information content (AvgIpc) is 2.47. The van der Waals surface area contributed by atoms with E-state index in [2.05, 4.69) is 30.1 Å². The molecule has 0 radical (unpaired) electrons. The van der Waals surface area contributed by atoms with Gasteiger partial charge in [-0.3, -0.25) is 0 Å². The van der Waals surface area contributed by atoms with E-state index in [0.717, 1.165) is 24.6 Å². The molecule has 1 fully saturated rings. The second kappa shape index (κ2) is 7.31. The Labute approximate surface area is 117 Å². The van der Waals surface area contributed by atoms with Gasteiger partial charge in [0.15, 0.2) is 0 Å². The Hall–Kier alpha value is -1.33. The molecule has 1 unspecified atom stereocenters.